The minimum Gasteiger partial charge on any atom is -0.472 e. The first-order valence-electron chi connectivity index (χ1n) is 55.2. The molecule has 9 aliphatic heterocycles. The summed E-state index contributed by atoms with van der Waals surface area (Å²) in [6.07, 6.45) is 47.6. The van der Waals surface area contributed by atoms with Crippen LogP contribution in [0, 0.1) is 46.3 Å². The number of hydrogen-bond acceptors (Lipinski definition) is 15. The summed E-state index contributed by atoms with van der Waals surface area (Å²) in [5, 5.41) is 0. The number of amides is 2. The number of likely N-dealkylation sites (tertiary alicyclic amines) is 9. The summed E-state index contributed by atoms with van der Waals surface area (Å²) in [7, 11) is 1.82. The van der Waals surface area contributed by atoms with Crippen molar-refractivity contribution >= 4 is 11.8 Å². The van der Waals surface area contributed by atoms with Crippen molar-refractivity contribution in [2.24, 2.45) is 46.3 Å². The first-order valence-corrected chi connectivity index (χ1v) is 55.2. The molecule has 17 nitrogen and oxygen atoms in total. The largest absolute Gasteiger partial charge is 0.472 e. The van der Waals surface area contributed by atoms with Gasteiger partial charge < -0.3 is 62.9 Å². The molecule has 0 radical (unpaired) electrons. The molecule has 0 spiro atoms. The first-order chi connectivity index (χ1) is 61.5. The molecule has 1 aromatic heterocycles. The molecule has 0 aliphatic carbocycles. The highest BCUT2D eigenvalue weighted by Crippen LogP contribution is 2.33. The van der Waals surface area contributed by atoms with E-state index in [4.69, 9.17) is 23.7 Å². The van der Waals surface area contributed by atoms with Crippen molar-refractivity contribution in [1.29, 1.82) is 0 Å². The van der Waals surface area contributed by atoms with Gasteiger partial charge in [0.2, 0.25) is 17.7 Å². The summed E-state index contributed by atoms with van der Waals surface area (Å²) in [5.74, 6) is 6.81. The third-order valence-electron chi connectivity index (χ3n) is 27.0. The van der Waals surface area contributed by atoms with E-state index in [2.05, 4.69) is 226 Å². The van der Waals surface area contributed by atoms with Gasteiger partial charge >= 0.3 is 0 Å². The number of carbonyl (C=O) groups is 2. The van der Waals surface area contributed by atoms with Gasteiger partial charge in [0.15, 0.2) is 0 Å². The van der Waals surface area contributed by atoms with Crippen molar-refractivity contribution < 1.29 is 33.3 Å². The zero-order chi connectivity index (χ0) is 98.7. The van der Waals surface area contributed by atoms with Crippen LogP contribution in [0.3, 0.4) is 0 Å². The lowest BCUT2D eigenvalue weighted by Crippen LogP contribution is -2.44. The molecule has 0 unspecified atom stereocenters. The van der Waals surface area contributed by atoms with E-state index < -0.39 is 0 Å². The normalized spacial score (nSPS) is 19.9. The third kappa shape index (κ3) is 71.8. The Morgan fingerprint density at radius 2 is 0.644 bits per heavy atom. The SMILES string of the molecule is C.CC(=O)N1CCC(CCC(C)(C)C)CC1.CC(=O)N1CCC(OC(C)(C)C)CC1.CC(C)(C)N1CCCCC1.CC(C)(C)Oc1ccccn1.CCCN1CCC(CCC(C)(C)C)CC1.CCCN1CCC(CCC(C)C)CC1.CCCN1CCC(CCC(C)C)CC1.CCCN1CCC(OC(C)(C)C)CC1.CCCN1CCC(OC(C)C)CC1.CCCN1CCC(OC)CC1. The van der Waals surface area contributed by atoms with Gasteiger partial charge in [-0.3, -0.25) is 14.5 Å². The maximum atomic E-state index is 11.1. The van der Waals surface area contributed by atoms with E-state index in [0.717, 1.165) is 74.5 Å². The highest BCUT2D eigenvalue weighted by molar-refractivity contribution is 5.73. The average molecular weight is 1870 g/mol. The van der Waals surface area contributed by atoms with Gasteiger partial charge in [-0.1, -0.05) is 156 Å². The highest BCUT2D eigenvalue weighted by atomic mass is 16.5. The van der Waals surface area contributed by atoms with E-state index in [-0.39, 0.29) is 36.0 Å². The lowest BCUT2D eigenvalue weighted by atomic mass is 9.83. The Hall–Kier alpha value is -2.55. The molecule has 0 N–H and O–H groups in total. The smallest absolute Gasteiger partial charge is 0.219 e. The second-order valence-electron chi connectivity index (χ2n) is 48.3. The standard InChI is InChI=1S/C14H29N.C13H25NO.2C13H27N.C12H25NO.C11H21NO2.C11H23NO.C9H13NO.C9H19NO.C9H19N.CH4/c1-5-10-15-11-7-13(8-12-15)6-9-14(2,3)4;1-11(15)14-9-6-12(7-10-14)5-8-13(2,3)4;2*1-4-9-14-10-7-13(8-11-14)6-5-12(2)3;1-5-8-13-9-6-11(7-10-13)14-12(2,3)4;1-9(13)12-7-5-10(6-8-12)14-11(2,3)4;1-4-7-12-8-5-11(6-9-12)13-10(2)3;1-9(2,3)11-8-6-4-5-7-10-8;1-3-6-10-7-4-9(11-2)5-8-10;1-9(2,3)10-7-5-4-6-8-10;/h13H,5-12H2,1-4H3;12H,5-10H2,1-4H3;2*12-13H,4-11H2,1-3H3;11H,5-10H2,1-4H3;10H,5-8H2,1-4H3;10-11H,4-9H2,1-3H3;4-7H,1-3H3;9H,3-8H2,1-2H3;4-8H2,1-3H3;1H4. The zero-order valence-electron chi connectivity index (χ0n) is 93.8. The summed E-state index contributed by atoms with van der Waals surface area (Å²) in [6, 6.07) is 5.63. The van der Waals surface area contributed by atoms with Crippen LogP contribution < -0.4 is 4.74 Å². The summed E-state index contributed by atoms with van der Waals surface area (Å²) in [6.45, 7) is 99.5. The maximum absolute atomic E-state index is 11.1. The van der Waals surface area contributed by atoms with Crippen LogP contribution in [0.15, 0.2) is 24.4 Å². The molecule has 784 valence electrons. The molecule has 9 saturated heterocycles. The van der Waals surface area contributed by atoms with Gasteiger partial charge in [0.05, 0.1) is 41.7 Å². The van der Waals surface area contributed by atoms with E-state index in [1.165, 1.54) is 330 Å². The van der Waals surface area contributed by atoms with Gasteiger partial charge in [-0.25, -0.2) is 4.98 Å². The summed E-state index contributed by atoms with van der Waals surface area (Å²) in [4.78, 5) is 48.2. The third-order valence-corrected chi connectivity index (χ3v) is 27.0. The fourth-order valence-corrected chi connectivity index (χ4v) is 19.2. The molecular weight excluding hydrogens is 1630 g/mol. The minimum atomic E-state index is -0.158. The van der Waals surface area contributed by atoms with Crippen molar-refractivity contribution in [3.05, 3.63) is 24.4 Å². The number of piperidine rings is 9. The Kier molecular flexibility index (Phi) is 71.3. The average Bonchev–Trinajstić information content (AvgIpc) is 0.893. The molecular formula is C115H232N10O7. The van der Waals surface area contributed by atoms with Crippen molar-refractivity contribution in [3.8, 4) is 5.88 Å². The Morgan fingerprint density at radius 1 is 0.364 bits per heavy atom. The zero-order valence-corrected chi connectivity index (χ0v) is 93.8. The molecule has 0 saturated carbocycles. The van der Waals surface area contributed by atoms with E-state index in [1.807, 2.05) is 55.9 Å². The van der Waals surface area contributed by atoms with Gasteiger partial charge in [0.1, 0.15) is 5.60 Å². The van der Waals surface area contributed by atoms with Crippen LogP contribution in [-0.4, -0.2) is 278 Å². The van der Waals surface area contributed by atoms with Crippen LogP contribution in [-0.2, 0) is 28.5 Å². The fourth-order valence-electron chi connectivity index (χ4n) is 19.2. The molecule has 1 aromatic rings. The summed E-state index contributed by atoms with van der Waals surface area (Å²) < 4.78 is 28.4. The molecule has 132 heavy (non-hydrogen) atoms. The number of rotatable bonds is 28. The molecule has 10 heterocycles. The Labute approximate surface area is 824 Å². The van der Waals surface area contributed by atoms with Gasteiger partial charge in [0, 0.05) is 104 Å². The van der Waals surface area contributed by atoms with Crippen LogP contribution in [0.25, 0.3) is 0 Å². The quantitative estimate of drug-likeness (QED) is 0.0790. The number of nitrogens with zero attached hydrogens (tertiary/aromatic N) is 10. The maximum Gasteiger partial charge on any atom is 0.219 e. The van der Waals surface area contributed by atoms with Crippen LogP contribution >= 0.6 is 0 Å². The monoisotopic (exact) mass is 1870 g/mol. The van der Waals surface area contributed by atoms with E-state index in [9.17, 15) is 9.59 Å². The van der Waals surface area contributed by atoms with E-state index >= 15 is 0 Å². The number of pyridine rings is 1. The van der Waals surface area contributed by atoms with Gasteiger partial charge in [-0.15, -0.1) is 0 Å². The lowest BCUT2D eigenvalue weighted by Gasteiger charge is -2.38. The highest BCUT2D eigenvalue weighted by Gasteiger charge is 2.30. The number of hydrogen-bond donors (Lipinski definition) is 0. The predicted molar refractivity (Wildman–Crippen MR) is 575 cm³/mol. The molecule has 9 aliphatic rings. The van der Waals surface area contributed by atoms with E-state index in [0.29, 0.717) is 52.8 Å². The van der Waals surface area contributed by atoms with Crippen LogP contribution in [0.1, 0.15) is 441 Å². The van der Waals surface area contributed by atoms with Crippen molar-refractivity contribution in [2.45, 2.75) is 494 Å². The minimum absolute atomic E-state index is 0. The summed E-state index contributed by atoms with van der Waals surface area (Å²) >= 11 is 0. The van der Waals surface area contributed by atoms with Crippen molar-refractivity contribution in [3.63, 3.8) is 0 Å². The predicted octanol–water partition coefficient (Wildman–Crippen LogP) is 27.5. The van der Waals surface area contributed by atoms with Gasteiger partial charge in [-0.05, 0) is 421 Å². The van der Waals surface area contributed by atoms with Crippen LogP contribution in [0.2, 0.25) is 0 Å². The van der Waals surface area contributed by atoms with Crippen molar-refractivity contribution in [2.75, 3.05) is 164 Å². The number of methoxy groups -OCH3 is 1. The second-order valence-corrected chi connectivity index (χ2v) is 48.3. The molecule has 10 rings (SSSR count). The topological polar surface area (TPSA) is 122 Å². The second kappa shape index (κ2) is 72.7. The number of carbonyl (C=O) groups excluding carboxylic acids is 2. The van der Waals surface area contributed by atoms with Crippen molar-refractivity contribution in [1.82, 2.24) is 49.1 Å². The molecule has 2 amide bonds. The molecule has 9 fully saturated rings. The molecule has 0 aromatic carbocycles. The number of ether oxygens (including phenoxy) is 5. The lowest BCUT2D eigenvalue weighted by molar-refractivity contribution is -0.134. The fraction of sp³-hybridized carbons (Fsp3) is 0.939. The molecule has 0 atom stereocenters. The van der Waals surface area contributed by atoms with Gasteiger partial charge in [-0.2, -0.15) is 0 Å². The number of aromatic nitrogens is 1. The Morgan fingerprint density at radius 3 is 0.886 bits per heavy atom. The van der Waals surface area contributed by atoms with E-state index in [1.54, 1.807) is 20.0 Å². The molecule has 17 heteroatoms. The van der Waals surface area contributed by atoms with Crippen LogP contribution in [0.5, 0.6) is 5.88 Å². The Bertz CT molecular complexity index is 2740. The first kappa shape index (κ1) is 129. The van der Waals surface area contributed by atoms with Crippen LogP contribution in [0.4, 0.5) is 0 Å². The van der Waals surface area contributed by atoms with Gasteiger partial charge in [0.25, 0.3) is 0 Å². The summed E-state index contributed by atoms with van der Waals surface area (Å²) in [5.41, 5.74) is 1.19. The molecule has 0 bridgehead atoms. The Balaban J connectivity index is 0.00000145.